The van der Waals surface area contributed by atoms with E-state index in [4.69, 9.17) is 0 Å². The molecule has 2 rings (SSSR count). The first kappa shape index (κ1) is 16.0. The molecular formula is C15H23Br2NS. The minimum absolute atomic E-state index is 0.537. The van der Waals surface area contributed by atoms with E-state index >= 15 is 0 Å². The second kappa shape index (κ2) is 7.58. The fraction of sp³-hybridized carbons (Fsp3) is 0.733. The predicted octanol–water partition coefficient (Wildman–Crippen LogP) is 6.14. The lowest BCUT2D eigenvalue weighted by molar-refractivity contribution is 0.226. The van der Waals surface area contributed by atoms with Gasteiger partial charge in [-0.1, -0.05) is 26.7 Å². The van der Waals surface area contributed by atoms with Crippen LogP contribution in [-0.2, 0) is 0 Å². The summed E-state index contributed by atoms with van der Waals surface area (Å²) in [7, 11) is 0. The molecule has 0 saturated heterocycles. The Morgan fingerprint density at radius 1 is 1.42 bits per heavy atom. The standard InChI is InChI=1S/C15H23Br2NS/c1-3-7-18-14(11-6-4-5-10(2)8-11)13-9-12(16)15(17)19-13/h9-11,14,18H,3-8H2,1-2H3. The SMILES string of the molecule is CCCNC(c1cc(Br)c(Br)s1)C1CCCC(C)C1. The number of hydrogen-bond acceptors (Lipinski definition) is 2. The first-order valence-corrected chi connectivity index (χ1v) is 9.70. The van der Waals surface area contributed by atoms with Gasteiger partial charge in [-0.05, 0) is 75.6 Å². The van der Waals surface area contributed by atoms with Gasteiger partial charge >= 0.3 is 0 Å². The van der Waals surface area contributed by atoms with Gasteiger partial charge in [0, 0.05) is 15.4 Å². The van der Waals surface area contributed by atoms with Crippen molar-refractivity contribution in [3.63, 3.8) is 0 Å². The molecule has 108 valence electrons. The normalized spacial score (nSPS) is 25.5. The Morgan fingerprint density at radius 3 is 2.79 bits per heavy atom. The van der Waals surface area contributed by atoms with Crippen LogP contribution in [0.15, 0.2) is 14.3 Å². The molecule has 0 aromatic carbocycles. The summed E-state index contributed by atoms with van der Waals surface area (Å²) in [4.78, 5) is 1.48. The van der Waals surface area contributed by atoms with Crippen LogP contribution < -0.4 is 5.32 Å². The summed E-state index contributed by atoms with van der Waals surface area (Å²) in [6.45, 7) is 5.76. The number of halogens is 2. The average Bonchev–Trinajstić information content (AvgIpc) is 2.70. The van der Waals surface area contributed by atoms with Gasteiger partial charge in [0.15, 0.2) is 0 Å². The molecule has 0 radical (unpaired) electrons. The second-order valence-electron chi connectivity index (χ2n) is 5.73. The van der Waals surface area contributed by atoms with Crippen LogP contribution in [0.25, 0.3) is 0 Å². The van der Waals surface area contributed by atoms with Crippen LogP contribution in [0, 0.1) is 11.8 Å². The highest BCUT2D eigenvalue weighted by Crippen LogP contribution is 2.42. The molecular weight excluding hydrogens is 386 g/mol. The zero-order valence-corrected chi connectivity index (χ0v) is 15.7. The smallest absolute Gasteiger partial charge is 0.0843 e. The van der Waals surface area contributed by atoms with Crippen LogP contribution in [0.1, 0.15) is 56.9 Å². The summed E-state index contributed by atoms with van der Waals surface area (Å²) in [5.41, 5.74) is 0. The maximum absolute atomic E-state index is 3.79. The van der Waals surface area contributed by atoms with Gasteiger partial charge in [0.25, 0.3) is 0 Å². The molecule has 3 unspecified atom stereocenters. The van der Waals surface area contributed by atoms with Gasteiger partial charge in [0.05, 0.1) is 3.79 Å². The summed E-state index contributed by atoms with van der Waals surface area (Å²) in [6.07, 6.45) is 6.75. The second-order valence-corrected chi connectivity index (χ2v) is 8.99. The summed E-state index contributed by atoms with van der Waals surface area (Å²) in [6, 6.07) is 2.83. The Morgan fingerprint density at radius 2 is 2.21 bits per heavy atom. The molecule has 1 N–H and O–H groups in total. The Balaban J connectivity index is 2.14. The fourth-order valence-corrected chi connectivity index (χ4v) is 5.36. The van der Waals surface area contributed by atoms with E-state index in [1.807, 2.05) is 11.3 Å². The van der Waals surface area contributed by atoms with Crippen molar-refractivity contribution in [3.05, 3.63) is 19.2 Å². The molecule has 1 fully saturated rings. The summed E-state index contributed by atoms with van der Waals surface area (Å²) in [5, 5.41) is 3.79. The Kier molecular flexibility index (Phi) is 6.38. The van der Waals surface area contributed by atoms with Crippen molar-refractivity contribution < 1.29 is 0 Å². The van der Waals surface area contributed by atoms with E-state index in [1.54, 1.807) is 0 Å². The number of thiophene rings is 1. The average molecular weight is 409 g/mol. The predicted molar refractivity (Wildman–Crippen MR) is 91.9 cm³/mol. The van der Waals surface area contributed by atoms with Crippen molar-refractivity contribution in [2.24, 2.45) is 11.8 Å². The summed E-state index contributed by atoms with van der Waals surface area (Å²) >= 11 is 9.13. The van der Waals surface area contributed by atoms with Gasteiger partial charge in [-0.15, -0.1) is 11.3 Å². The minimum atomic E-state index is 0.537. The van der Waals surface area contributed by atoms with Crippen LogP contribution in [-0.4, -0.2) is 6.54 Å². The van der Waals surface area contributed by atoms with E-state index in [-0.39, 0.29) is 0 Å². The number of nitrogens with one attached hydrogen (secondary N) is 1. The highest BCUT2D eigenvalue weighted by molar-refractivity contribution is 9.13. The third-order valence-corrected chi connectivity index (χ3v) is 7.37. The van der Waals surface area contributed by atoms with Crippen LogP contribution in [0.4, 0.5) is 0 Å². The molecule has 1 nitrogen and oxygen atoms in total. The van der Waals surface area contributed by atoms with Crippen molar-refractivity contribution in [2.45, 2.75) is 52.0 Å². The molecule has 3 atom stereocenters. The maximum atomic E-state index is 3.79. The third kappa shape index (κ3) is 4.29. The van der Waals surface area contributed by atoms with Crippen molar-refractivity contribution >= 4 is 43.2 Å². The van der Waals surface area contributed by atoms with Crippen molar-refractivity contribution in [3.8, 4) is 0 Å². The molecule has 0 amide bonds. The molecule has 19 heavy (non-hydrogen) atoms. The van der Waals surface area contributed by atoms with Crippen molar-refractivity contribution in [1.82, 2.24) is 5.32 Å². The van der Waals surface area contributed by atoms with Gasteiger partial charge in [-0.3, -0.25) is 0 Å². The summed E-state index contributed by atoms with van der Waals surface area (Å²) < 4.78 is 2.41. The number of hydrogen-bond donors (Lipinski definition) is 1. The topological polar surface area (TPSA) is 12.0 Å². The molecule has 1 aliphatic carbocycles. The van der Waals surface area contributed by atoms with E-state index in [9.17, 15) is 0 Å². The highest BCUT2D eigenvalue weighted by Gasteiger charge is 2.28. The molecule has 0 aliphatic heterocycles. The van der Waals surface area contributed by atoms with Crippen LogP contribution in [0.3, 0.4) is 0 Å². The van der Waals surface area contributed by atoms with E-state index in [1.165, 1.54) is 45.2 Å². The Bertz CT molecular complexity index is 385. The molecule has 1 aliphatic rings. The zero-order chi connectivity index (χ0) is 13.8. The Hall–Kier alpha value is 0.620. The monoisotopic (exact) mass is 407 g/mol. The van der Waals surface area contributed by atoms with E-state index in [2.05, 4.69) is 57.1 Å². The first-order valence-electron chi connectivity index (χ1n) is 7.30. The minimum Gasteiger partial charge on any atom is -0.309 e. The van der Waals surface area contributed by atoms with Crippen LogP contribution in [0.2, 0.25) is 0 Å². The van der Waals surface area contributed by atoms with Gasteiger partial charge < -0.3 is 5.32 Å². The highest BCUT2D eigenvalue weighted by atomic mass is 79.9. The lowest BCUT2D eigenvalue weighted by Crippen LogP contribution is -2.31. The summed E-state index contributed by atoms with van der Waals surface area (Å²) in [5.74, 6) is 1.68. The van der Waals surface area contributed by atoms with E-state index in [0.29, 0.717) is 6.04 Å². The van der Waals surface area contributed by atoms with Crippen molar-refractivity contribution in [1.29, 1.82) is 0 Å². The zero-order valence-electron chi connectivity index (χ0n) is 11.7. The third-order valence-electron chi connectivity index (χ3n) is 4.03. The quantitative estimate of drug-likeness (QED) is 0.616. The van der Waals surface area contributed by atoms with Crippen LogP contribution in [0.5, 0.6) is 0 Å². The van der Waals surface area contributed by atoms with E-state index < -0.39 is 0 Å². The molecule has 1 aromatic rings. The molecule has 1 heterocycles. The largest absolute Gasteiger partial charge is 0.309 e. The van der Waals surface area contributed by atoms with Crippen LogP contribution >= 0.6 is 43.2 Å². The van der Waals surface area contributed by atoms with Crippen molar-refractivity contribution in [2.75, 3.05) is 6.54 Å². The van der Waals surface area contributed by atoms with Gasteiger partial charge in [0.2, 0.25) is 0 Å². The first-order chi connectivity index (χ1) is 9.11. The van der Waals surface area contributed by atoms with Gasteiger partial charge in [-0.25, -0.2) is 0 Å². The molecule has 1 saturated carbocycles. The fourth-order valence-electron chi connectivity index (χ4n) is 3.10. The molecule has 0 spiro atoms. The molecule has 4 heteroatoms. The lowest BCUT2D eigenvalue weighted by Gasteiger charge is -2.33. The van der Waals surface area contributed by atoms with Gasteiger partial charge in [-0.2, -0.15) is 0 Å². The molecule has 1 aromatic heterocycles. The maximum Gasteiger partial charge on any atom is 0.0843 e. The number of rotatable bonds is 5. The Labute approximate surface area is 137 Å². The van der Waals surface area contributed by atoms with Gasteiger partial charge in [0.1, 0.15) is 0 Å². The van der Waals surface area contributed by atoms with E-state index in [0.717, 1.165) is 18.4 Å². The molecule has 0 bridgehead atoms. The lowest BCUT2D eigenvalue weighted by atomic mass is 9.78.